The van der Waals surface area contributed by atoms with Crippen LogP contribution >= 0.6 is 11.6 Å². The van der Waals surface area contributed by atoms with Crippen molar-refractivity contribution in [3.8, 4) is 5.82 Å². The number of aromatic nitrogens is 7. The lowest BCUT2D eigenvalue weighted by Gasteiger charge is -2.31. The van der Waals surface area contributed by atoms with Gasteiger partial charge in [0.05, 0.1) is 17.4 Å². The summed E-state index contributed by atoms with van der Waals surface area (Å²) in [5, 5.41) is 8.99. The van der Waals surface area contributed by atoms with Crippen LogP contribution in [0.25, 0.3) is 5.82 Å². The summed E-state index contributed by atoms with van der Waals surface area (Å²) in [5.74, 6) is 1.64. The molecule has 3 aromatic heterocycles. The average Bonchev–Trinajstić information content (AvgIpc) is 3.20. The second-order valence-corrected chi connectivity index (χ2v) is 6.62. The van der Waals surface area contributed by atoms with Gasteiger partial charge in [0.15, 0.2) is 5.82 Å². The summed E-state index contributed by atoms with van der Waals surface area (Å²) in [6, 6.07) is 3.16. The summed E-state index contributed by atoms with van der Waals surface area (Å²) in [7, 11) is 0. The Morgan fingerprint density at radius 2 is 1.92 bits per heavy atom. The molecule has 0 spiro atoms. The molecule has 1 aliphatic rings. The van der Waals surface area contributed by atoms with E-state index < -0.39 is 0 Å². The minimum absolute atomic E-state index is 0.114. The van der Waals surface area contributed by atoms with Gasteiger partial charge in [-0.25, -0.2) is 24.3 Å². The quantitative estimate of drug-likeness (QED) is 0.678. The molecule has 0 N–H and O–H groups in total. The molecule has 0 saturated carbocycles. The van der Waals surface area contributed by atoms with Crippen molar-refractivity contribution in [1.29, 1.82) is 0 Å². The van der Waals surface area contributed by atoms with Crippen molar-refractivity contribution in [3.05, 3.63) is 52.6 Å². The van der Waals surface area contributed by atoms with Gasteiger partial charge in [-0.15, -0.1) is 5.10 Å². The van der Waals surface area contributed by atoms with E-state index in [9.17, 15) is 4.79 Å². The van der Waals surface area contributed by atoms with Crippen LogP contribution in [-0.2, 0) is 6.54 Å². The molecule has 0 atom stereocenters. The molecule has 0 bridgehead atoms. The first-order valence-corrected chi connectivity index (χ1v) is 8.72. The van der Waals surface area contributed by atoms with Gasteiger partial charge >= 0.3 is 0 Å². The lowest BCUT2D eigenvalue weighted by atomic mass is 9.97. The van der Waals surface area contributed by atoms with Gasteiger partial charge < -0.3 is 4.90 Å². The number of piperidine rings is 1. The molecule has 4 rings (SSSR count). The molecular weight excluding hydrogens is 356 g/mol. The topological polar surface area (TPSA) is 94.6 Å². The van der Waals surface area contributed by atoms with E-state index in [4.69, 9.17) is 11.6 Å². The van der Waals surface area contributed by atoms with Gasteiger partial charge in [-0.05, 0) is 24.8 Å². The minimum Gasteiger partial charge on any atom is -0.341 e. The Kier molecular flexibility index (Phi) is 4.61. The number of rotatable bonds is 4. The van der Waals surface area contributed by atoms with E-state index in [1.54, 1.807) is 24.8 Å². The smallest absolute Gasteiger partial charge is 0.266 e. The summed E-state index contributed by atoms with van der Waals surface area (Å²) in [6.45, 7) is 2.25. The van der Waals surface area contributed by atoms with E-state index in [0.29, 0.717) is 29.3 Å². The van der Waals surface area contributed by atoms with Crippen molar-refractivity contribution in [2.75, 3.05) is 18.0 Å². The summed E-state index contributed by atoms with van der Waals surface area (Å²) in [6.07, 6.45) is 8.08. The molecule has 26 heavy (non-hydrogen) atoms. The van der Waals surface area contributed by atoms with Crippen LogP contribution in [0.5, 0.6) is 0 Å². The van der Waals surface area contributed by atoms with E-state index in [-0.39, 0.29) is 5.56 Å². The van der Waals surface area contributed by atoms with Gasteiger partial charge in [0.1, 0.15) is 12.7 Å². The molecule has 134 valence electrons. The summed E-state index contributed by atoms with van der Waals surface area (Å²) < 4.78 is 3.05. The van der Waals surface area contributed by atoms with Gasteiger partial charge in [0, 0.05) is 25.7 Å². The standard InChI is InChI=1S/C16H17ClN8O/c17-13-7-19-16(20-8-13)23-5-3-12(4-6-23)9-24-15(26)2-1-14(22-24)25-11-18-10-21-25/h1-2,7-8,10-12H,3-6,9H2. The fourth-order valence-corrected chi connectivity index (χ4v) is 3.14. The molecule has 0 aliphatic carbocycles. The highest BCUT2D eigenvalue weighted by atomic mass is 35.5. The maximum Gasteiger partial charge on any atom is 0.266 e. The molecule has 0 unspecified atom stereocenters. The van der Waals surface area contributed by atoms with Gasteiger partial charge in [-0.2, -0.15) is 5.10 Å². The first-order valence-electron chi connectivity index (χ1n) is 8.35. The Hall–Kier alpha value is -2.81. The maximum absolute atomic E-state index is 12.1. The van der Waals surface area contributed by atoms with Crippen LogP contribution in [0.3, 0.4) is 0 Å². The van der Waals surface area contributed by atoms with E-state index in [0.717, 1.165) is 25.9 Å². The number of hydrogen-bond donors (Lipinski definition) is 0. The summed E-state index contributed by atoms with van der Waals surface area (Å²) >= 11 is 5.84. The monoisotopic (exact) mass is 372 g/mol. The van der Waals surface area contributed by atoms with Gasteiger partial charge in [-0.3, -0.25) is 4.79 Å². The Morgan fingerprint density at radius 1 is 1.15 bits per heavy atom. The molecule has 4 heterocycles. The lowest BCUT2D eigenvalue weighted by Crippen LogP contribution is -2.37. The zero-order valence-corrected chi connectivity index (χ0v) is 14.7. The van der Waals surface area contributed by atoms with Crippen LogP contribution in [0.2, 0.25) is 5.02 Å². The largest absolute Gasteiger partial charge is 0.341 e. The molecule has 3 aromatic rings. The summed E-state index contributed by atoms with van der Waals surface area (Å²) in [5.41, 5.74) is -0.114. The van der Waals surface area contributed by atoms with E-state index >= 15 is 0 Å². The van der Waals surface area contributed by atoms with Crippen LogP contribution in [0.4, 0.5) is 5.95 Å². The molecular formula is C16H17ClN8O. The predicted molar refractivity (Wildman–Crippen MR) is 95.4 cm³/mol. The Morgan fingerprint density at radius 3 is 2.62 bits per heavy atom. The highest BCUT2D eigenvalue weighted by Crippen LogP contribution is 2.22. The van der Waals surface area contributed by atoms with Crippen LogP contribution in [0, 0.1) is 5.92 Å². The van der Waals surface area contributed by atoms with Crippen LogP contribution in [0.1, 0.15) is 12.8 Å². The molecule has 10 heteroatoms. The van der Waals surface area contributed by atoms with Crippen molar-refractivity contribution in [2.24, 2.45) is 5.92 Å². The van der Waals surface area contributed by atoms with Gasteiger partial charge in [0.2, 0.25) is 5.95 Å². The zero-order valence-electron chi connectivity index (χ0n) is 13.9. The predicted octanol–water partition coefficient (Wildman–Crippen LogP) is 1.18. The molecule has 0 amide bonds. The average molecular weight is 373 g/mol. The first-order chi connectivity index (χ1) is 12.7. The fraction of sp³-hybridized carbons (Fsp3) is 0.375. The third-order valence-electron chi connectivity index (χ3n) is 4.44. The van der Waals surface area contributed by atoms with Crippen molar-refractivity contribution in [2.45, 2.75) is 19.4 Å². The molecule has 1 fully saturated rings. The van der Waals surface area contributed by atoms with Crippen LogP contribution < -0.4 is 10.5 Å². The number of anilines is 1. The van der Waals surface area contributed by atoms with Crippen molar-refractivity contribution >= 4 is 17.5 Å². The normalized spacial score (nSPS) is 15.3. The van der Waals surface area contributed by atoms with E-state index in [2.05, 4.69) is 30.0 Å². The number of hydrogen-bond acceptors (Lipinski definition) is 7. The third-order valence-corrected chi connectivity index (χ3v) is 4.64. The Labute approximate surface area is 154 Å². The van der Waals surface area contributed by atoms with Crippen LogP contribution in [0.15, 0.2) is 42.0 Å². The van der Waals surface area contributed by atoms with E-state index in [1.807, 2.05) is 0 Å². The van der Waals surface area contributed by atoms with Gasteiger partial charge in [-0.1, -0.05) is 11.6 Å². The molecule has 1 saturated heterocycles. The fourth-order valence-electron chi connectivity index (χ4n) is 3.05. The highest BCUT2D eigenvalue weighted by Gasteiger charge is 2.22. The Balaban J connectivity index is 1.42. The number of nitrogens with zero attached hydrogens (tertiary/aromatic N) is 8. The third kappa shape index (κ3) is 3.57. The second-order valence-electron chi connectivity index (χ2n) is 6.18. The molecule has 1 aliphatic heterocycles. The minimum atomic E-state index is -0.114. The molecule has 0 aromatic carbocycles. The van der Waals surface area contributed by atoms with Crippen molar-refractivity contribution < 1.29 is 0 Å². The molecule has 9 nitrogen and oxygen atoms in total. The van der Waals surface area contributed by atoms with Crippen molar-refractivity contribution in [1.82, 2.24) is 34.5 Å². The number of halogens is 1. The second kappa shape index (κ2) is 7.20. The maximum atomic E-state index is 12.1. The zero-order chi connectivity index (χ0) is 17.9. The van der Waals surface area contributed by atoms with Crippen LogP contribution in [-0.4, -0.2) is 47.6 Å². The SMILES string of the molecule is O=c1ccc(-n2cncn2)nn1CC1CCN(c2ncc(Cl)cn2)CC1. The van der Waals surface area contributed by atoms with E-state index in [1.165, 1.54) is 21.8 Å². The highest BCUT2D eigenvalue weighted by molar-refractivity contribution is 6.30. The summed E-state index contributed by atoms with van der Waals surface area (Å²) in [4.78, 5) is 26.7. The molecule has 0 radical (unpaired) electrons. The lowest BCUT2D eigenvalue weighted by molar-refractivity contribution is 0.333. The van der Waals surface area contributed by atoms with Gasteiger partial charge in [0.25, 0.3) is 5.56 Å². The van der Waals surface area contributed by atoms with Crippen molar-refractivity contribution in [3.63, 3.8) is 0 Å². The first kappa shape index (κ1) is 16.6. The Bertz CT molecular complexity index is 916.